The summed E-state index contributed by atoms with van der Waals surface area (Å²) in [5, 5.41) is 7.39. The maximum absolute atomic E-state index is 5.93. The summed E-state index contributed by atoms with van der Waals surface area (Å²) in [6.07, 6.45) is 1.47. The van der Waals surface area contributed by atoms with Crippen LogP contribution in [0.25, 0.3) is 22.8 Å². The van der Waals surface area contributed by atoms with Gasteiger partial charge in [0.05, 0.1) is 5.02 Å². The summed E-state index contributed by atoms with van der Waals surface area (Å²) < 4.78 is 5.40. The van der Waals surface area contributed by atoms with E-state index in [0.29, 0.717) is 21.9 Å². The van der Waals surface area contributed by atoms with E-state index < -0.39 is 0 Å². The predicted molar refractivity (Wildman–Crippen MR) is 64.4 cm³/mol. The number of pyridine rings is 1. The van der Waals surface area contributed by atoms with Gasteiger partial charge in [0, 0.05) is 6.20 Å². The molecule has 0 bridgehead atoms. The third-order valence-corrected chi connectivity index (χ3v) is 3.03. The number of halogens is 3. The van der Waals surface area contributed by atoms with Crippen LogP contribution in [0.5, 0.6) is 0 Å². The van der Waals surface area contributed by atoms with Crippen LogP contribution in [-0.2, 0) is 0 Å². The maximum Gasteiger partial charge on any atom is 0.251 e. The van der Waals surface area contributed by atoms with Crippen LogP contribution in [0, 0.1) is 0 Å². The van der Waals surface area contributed by atoms with Crippen molar-refractivity contribution in [1.82, 2.24) is 20.2 Å². The predicted octanol–water partition coefficient (Wildman–Crippen LogP) is 3.57. The number of aromatic nitrogens is 4. The summed E-state index contributed by atoms with van der Waals surface area (Å²) in [6.45, 7) is 0. The molecule has 0 aliphatic rings. The standard InChI is InChI=1S/C9H3Cl3N4O/c10-3-1-4-8(13-2-3)17-9(14-4)6-5(11)7(12)16-15-6/h1-2H,(H,15,16). The number of aromatic amines is 1. The second-order valence-corrected chi connectivity index (χ2v) is 4.39. The molecule has 3 aromatic rings. The Morgan fingerprint density at radius 3 is 2.76 bits per heavy atom. The first-order valence-electron chi connectivity index (χ1n) is 4.47. The van der Waals surface area contributed by atoms with E-state index >= 15 is 0 Å². The van der Waals surface area contributed by atoms with E-state index in [1.165, 1.54) is 6.20 Å². The first kappa shape index (κ1) is 10.8. The molecule has 0 aromatic carbocycles. The van der Waals surface area contributed by atoms with Crippen LogP contribution in [0.15, 0.2) is 16.7 Å². The summed E-state index contributed by atoms with van der Waals surface area (Å²) in [5.41, 5.74) is 1.23. The second kappa shape index (κ2) is 3.87. The summed E-state index contributed by atoms with van der Waals surface area (Å²) >= 11 is 17.5. The molecule has 3 rings (SSSR count). The van der Waals surface area contributed by atoms with E-state index in [1.807, 2.05) is 0 Å². The van der Waals surface area contributed by atoms with Crippen LogP contribution in [0.2, 0.25) is 15.2 Å². The molecule has 86 valence electrons. The number of nitrogens with zero attached hydrogens (tertiary/aromatic N) is 3. The van der Waals surface area contributed by atoms with Crippen LogP contribution in [-0.4, -0.2) is 20.2 Å². The lowest BCUT2D eigenvalue weighted by molar-refractivity contribution is 0.604. The largest absolute Gasteiger partial charge is 0.416 e. The van der Waals surface area contributed by atoms with Gasteiger partial charge in [-0.25, -0.2) is 9.97 Å². The molecule has 3 aromatic heterocycles. The molecule has 0 aliphatic carbocycles. The Bertz CT molecular complexity index is 705. The third-order valence-electron chi connectivity index (χ3n) is 2.08. The van der Waals surface area contributed by atoms with Gasteiger partial charge < -0.3 is 4.42 Å². The van der Waals surface area contributed by atoms with E-state index in [0.717, 1.165) is 0 Å². The van der Waals surface area contributed by atoms with Crippen molar-refractivity contribution in [2.45, 2.75) is 0 Å². The van der Waals surface area contributed by atoms with Gasteiger partial charge in [-0.15, -0.1) is 0 Å². The molecular weight excluding hydrogens is 286 g/mol. The minimum atomic E-state index is 0.231. The Balaban J connectivity index is 2.21. The summed E-state index contributed by atoms with van der Waals surface area (Å²) in [6, 6.07) is 1.64. The van der Waals surface area contributed by atoms with Gasteiger partial charge in [0.25, 0.3) is 5.89 Å². The molecule has 0 saturated carbocycles. The van der Waals surface area contributed by atoms with Gasteiger partial charge in [-0.3, -0.25) is 5.10 Å². The molecule has 0 amide bonds. The average molecular weight is 290 g/mol. The van der Waals surface area contributed by atoms with E-state index in [1.54, 1.807) is 6.07 Å². The number of oxazole rings is 1. The highest BCUT2D eigenvalue weighted by Crippen LogP contribution is 2.32. The van der Waals surface area contributed by atoms with Crippen LogP contribution in [0.3, 0.4) is 0 Å². The van der Waals surface area contributed by atoms with Gasteiger partial charge in [-0.05, 0) is 6.07 Å². The fourth-order valence-corrected chi connectivity index (χ4v) is 1.80. The number of nitrogens with one attached hydrogen (secondary N) is 1. The zero-order chi connectivity index (χ0) is 12.0. The van der Waals surface area contributed by atoms with Crippen molar-refractivity contribution in [3.8, 4) is 11.6 Å². The first-order valence-corrected chi connectivity index (χ1v) is 5.60. The molecule has 0 radical (unpaired) electrons. The van der Waals surface area contributed by atoms with Gasteiger partial charge >= 0.3 is 0 Å². The zero-order valence-corrected chi connectivity index (χ0v) is 10.3. The Morgan fingerprint density at radius 1 is 1.24 bits per heavy atom. The molecule has 0 spiro atoms. The van der Waals surface area contributed by atoms with Crippen molar-refractivity contribution < 1.29 is 4.42 Å². The SMILES string of the molecule is Clc1cnc2oc(-c3n[nH]c(Cl)c3Cl)nc2c1. The topological polar surface area (TPSA) is 67.6 Å². The molecular formula is C9H3Cl3N4O. The molecule has 8 heteroatoms. The van der Waals surface area contributed by atoms with Crippen LogP contribution in [0.4, 0.5) is 0 Å². The lowest BCUT2D eigenvalue weighted by atomic mass is 10.4. The Kier molecular flexibility index (Phi) is 2.47. The Hall–Kier alpha value is -1.30. The normalized spacial score (nSPS) is 11.2. The molecule has 17 heavy (non-hydrogen) atoms. The molecule has 0 aliphatic heterocycles. The van der Waals surface area contributed by atoms with Crippen LogP contribution >= 0.6 is 34.8 Å². The first-order chi connectivity index (χ1) is 8.15. The highest BCUT2D eigenvalue weighted by Gasteiger charge is 2.17. The molecule has 5 nitrogen and oxygen atoms in total. The summed E-state index contributed by atoms with van der Waals surface area (Å²) in [5.74, 6) is 0.239. The number of hydrogen-bond acceptors (Lipinski definition) is 4. The van der Waals surface area contributed by atoms with Gasteiger partial charge in [-0.2, -0.15) is 5.10 Å². The smallest absolute Gasteiger partial charge is 0.251 e. The van der Waals surface area contributed by atoms with Gasteiger partial charge in [0.15, 0.2) is 5.69 Å². The van der Waals surface area contributed by atoms with Crippen molar-refractivity contribution in [2.24, 2.45) is 0 Å². The van der Waals surface area contributed by atoms with Gasteiger partial charge in [-0.1, -0.05) is 34.8 Å². The second-order valence-electron chi connectivity index (χ2n) is 3.20. The van der Waals surface area contributed by atoms with E-state index in [4.69, 9.17) is 39.2 Å². The zero-order valence-electron chi connectivity index (χ0n) is 8.04. The van der Waals surface area contributed by atoms with Crippen LogP contribution < -0.4 is 0 Å². The molecule has 0 unspecified atom stereocenters. The number of H-pyrrole nitrogens is 1. The molecule has 0 atom stereocenters. The van der Waals surface area contributed by atoms with Crippen LogP contribution in [0.1, 0.15) is 0 Å². The van der Waals surface area contributed by atoms with Crippen molar-refractivity contribution >= 4 is 46.0 Å². The third kappa shape index (κ3) is 1.76. The van der Waals surface area contributed by atoms with E-state index in [9.17, 15) is 0 Å². The highest BCUT2D eigenvalue weighted by atomic mass is 35.5. The van der Waals surface area contributed by atoms with Crippen molar-refractivity contribution in [1.29, 1.82) is 0 Å². The molecule has 0 fully saturated rings. The fourth-order valence-electron chi connectivity index (χ4n) is 1.35. The highest BCUT2D eigenvalue weighted by molar-refractivity contribution is 6.42. The number of rotatable bonds is 1. The van der Waals surface area contributed by atoms with Crippen molar-refractivity contribution in [2.75, 3.05) is 0 Å². The van der Waals surface area contributed by atoms with Crippen molar-refractivity contribution in [3.63, 3.8) is 0 Å². The van der Waals surface area contributed by atoms with Gasteiger partial charge in [0.1, 0.15) is 15.7 Å². The Labute approximate surface area is 110 Å². The summed E-state index contributed by atoms with van der Waals surface area (Å²) in [7, 11) is 0. The van der Waals surface area contributed by atoms with Crippen molar-refractivity contribution in [3.05, 3.63) is 27.5 Å². The maximum atomic E-state index is 5.93. The lowest BCUT2D eigenvalue weighted by Crippen LogP contribution is -1.77. The average Bonchev–Trinajstić information content (AvgIpc) is 2.83. The quantitative estimate of drug-likeness (QED) is 0.743. The summed E-state index contributed by atoms with van der Waals surface area (Å²) in [4.78, 5) is 8.17. The van der Waals surface area contributed by atoms with E-state index in [-0.39, 0.29) is 16.1 Å². The molecule has 3 heterocycles. The monoisotopic (exact) mass is 288 g/mol. The minimum absolute atomic E-state index is 0.231. The number of hydrogen-bond donors (Lipinski definition) is 1. The molecule has 0 saturated heterocycles. The lowest BCUT2D eigenvalue weighted by Gasteiger charge is -1.87. The Morgan fingerprint density at radius 2 is 2.06 bits per heavy atom. The molecule has 1 N–H and O–H groups in total. The van der Waals surface area contributed by atoms with Gasteiger partial charge in [0.2, 0.25) is 5.71 Å². The fraction of sp³-hybridized carbons (Fsp3) is 0. The number of fused-ring (bicyclic) bond motifs is 1. The van der Waals surface area contributed by atoms with E-state index in [2.05, 4.69) is 20.2 Å². The minimum Gasteiger partial charge on any atom is -0.416 e.